The number of Topliss-reactive ketones (excluding diaryl/α,β-unsaturated/α-hetero) is 1. The quantitative estimate of drug-likeness (QED) is 0.229. The molecule has 0 fully saturated rings. The Bertz CT molecular complexity index is 1220. The lowest BCUT2D eigenvalue weighted by atomic mass is 10.0. The van der Waals surface area contributed by atoms with Crippen molar-refractivity contribution in [2.75, 3.05) is 5.75 Å². The molecule has 0 radical (unpaired) electrons. The third kappa shape index (κ3) is 4.68. The van der Waals surface area contributed by atoms with Crippen LogP contribution in [0.2, 0.25) is 5.02 Å². The van der Waals surface area contributed by atoms with Crippen LogP contribution in [0.3, 0.4) is 0 Å². The minimum absolute atomic E-state index is 0.0322. The zero-order chi connectivity index (χ0) is 20.1. The second-order valence-electron chi connectivity index (χ2n) is 6.15. The predicted molar refractivity (Wildman–Crippen MR) is 116 cm³/mol. The van der Waals surface area contributed by atoms with Gasteiger partial charge in [-0.1, -0.05) is 71.6 Å². The zero-order valence-electron chi connectivity index (χ0n) is 15.3. The Morgan fingerprint density at radius 2 is 1.76 bits per heavy atom. The van der Waals surface area contributed by atoms with Crippen LogP contribution in [0.1, 0.15) is 16.8 Å². The van der Waals surface area contributed by atoms with E-state index < -0.39 is 0 Å². The molecule has 3 aromatic carbocycles. The number of hydrogen-bond donors (Lipinski definition) is 0. The highest BCUT2D eigenvalue weighted by atomic mass is 35.5. The summed E-state index contributed by atoms with van der Waals surface area (Å²) in [5.74, 6) is 6.76. The van der Waals surface area contributed by atoms with Crippen LogP contribution in [0.4, 0.5) is 0 Å². The molecule has 0 spiro atoms. The van der Waals surface area contributed by atoms with Crippen molar-refractivity contribution >= 4 is 39.9 Å². The number of hydrogen-bond acceptors (Lipinski definition) is 5. The Morgan fingerprint density at radius 3 is 2.62 bits per heavy atom. The van der Waals surface area contributed by atoms with E-state index in [0.717, 1.165) is 16.3 Å². The van der Waals surface area contributed by atoms with E-state index in [0.29, 0.717) is 27.5 Å². The van der Waals surface area contributed by atoms with E-state index in [-0.39, 0.29) is 12.2 Å². The van der Waals surface area contributed by atoms with Crippen LogP contribution in [0, 0.1) is 11.8 Å². The Hall–Kier alpha value is -3.07. The molecule has 29 heavy (non-hydrogen) atoms. The Balaban J connectivity index is 1.36. The summed E-state index contributed by atoms with van der Waals surface area (Å²) in [5, 5.41) is 11.5. The monoisotopic (exact) mass is 418 g/mol. The second kappa shape index (κ2) is 8.95. The molecule has 0 saturated carbocycles. The molecule has 4 aromatic rings. The predicted octanol–water partition coefficient (Wildman–Crippen LogP) is 5.91. The third-order valence-electron chi connectivity index (χ3n) is 4.23. The number of carbonyl (C=O) groups is 1. The highest BCUT2D eigenvalue weighted by Crippen LogP contribution is 2.29. The van der Waals surface area contributed by atoms with Crippen molar-refractivity contribution < 1.29 is 9.21 Å². The van der Waals surface area contributed by atoms with Crippen molar-refractivity contribution in [3.8, 4) is 23.3 Å². The Labute approximate surface area is 177 Å². The number of nitrogens with zero attached hydrogens (tertiary/aromatic N) is 2. The third-order valence-corrected chi connectivity index (χ3v) is 5.19. The minimum Gasteiger partial charge on any atom is -0.411 e. The van der Waals surface area contributed by atoms with Gasteiger partial charge in [0.15, 0.2) is 5.78 Å². The largest absolute Gasteiger partial charge is 0.411 e. The van der Waals surface area contributed by atoms with Crippen LogP contribution >= 0.6 is 23.4 Å². The molecular formula is C23H15ClN2O2S. The van der Waals surface area contributed by atoms with E-state index in [1.807, 2.05) is 42.5 Å². The van der Waals surface area contributed by atoms with Gasteiger partial charge in [-0.3, -0.25) is 4.79 Å². The van der Waals surface area contributed by atoms with Crippen LogP contribution < -0.4 is 0 Å². The molecule has 0 amide bonds. The molecular weight excluding hydrogens is 404 g/mol. The molecule has 0 bridgehead atoms. The molecule has 142 valence electrons. The molecule has 4 rings (SSSR count). The maximum absolute atomic E-state index is 12.1. The van der Waals surface area contributed by atoms with Gasteiger partial charge in [-0.15, -0.1) is 10.2 Å². The molecule has 0 saturated heterocycles. The van der Waals surface area contributed by atoms with Gasteiger partial charge in [-0.2, -0.15) is 0 Å². The number of fused-ring (bicyclic) bond motifs is 1. The number of benzene rings is 3. The number of carbonyl (C=O) groups excluding carboxylic acids is 1. The average molecular weight is 419 g/mol. The van der Waals surface area contributed by atoms with Gasteiger partial charge >= 0.3 is 0 Å². The van der Waals surface area contributed by atoms with E-state index >= 15 is 0 Å². The number of ketones is 1. The summed E-state index contributed by atoms with van der Waals surface area (Å²) in [6.45, 7) is 0. The first-order chi connectivity index (χ1) is 14.2. The molecule has 0 unspecified atom stereocenters. The van der Waals surface area contributed by atoms with E-state index in [1.54, 1.807) is 24.3 Å². The van der Waals surface area contributed by atoms with Gasteiger partial charge in [0.1, 0.15) is 0 Å². The lowest BCUT2D eigenvalue weighted by Gasteiger charge is -2.01. The van der Waals surface area contributed by atoms with E-state index in [2.05, 4.69) is 22.0 Å². The fourth-order valence-corrected chi connectivity index (χ4v) is 3.48. The molecule has 0 atom stereocenters. The van der Waals surface area contributed by atoms with E-state index in [1.165, 1.54) is 11.8 Å². The molecule has 0 N–H and O–H groups in total. The van der Waals surface area contributed by atoms with Gasteiger partial charge in [-0.25, -0.2) is 0 Å². The van der Waals surface area contributed by atoms with Crippen molar-refractivity contribution in [3.05, 3.63) is 77.3 Å². The summed E-state index contributed by atoms with van der Waals surface area (Å²) in [6.07, 6.45) is 0.160. The van der Waals surface area contributed by atoms with Crippen molar-refractivity contribution in [2.45, 2.75) is 11.6 Å². The highest BCUT2D eigenvalue weighted by molar-refractivity contribution is 7.99. The fraction of sp³-hybridized carbons (Fsp3) is 0.0870. The first kappa shape index (κ1) is 19.3. The number of halogens is 1. The summed E-state index contributed by atoms with van der Waals surface area (Å²) in [6, 6.07) is 20.8. The van der Waals surface area contributed by atoms with Crippen LogP contribution in [-0.4, -0.2) is 21.7 Å². The average Bonchev–Trinajstić information content (AvgIpc) is 3.22. The summed E-state index contributed by atoms with van der Waals surface area (Å²) < 4.78 is 5.78. The first-order valence-electron chi connectivity index (χ1n) is 8.89. The molecule has 0 aliphatic carbocycles. The highest BCUT2D eigenvalue weighted by Gasteiger charge is 2.11. The Kier molecular flexibility index (Phi) is 5.95. The minimum atomic E-state index is -0.0322. The maximum Gasteiger partial charge on any atom is 0.277 e. The molecule has 1 aromatic heterocycles. The normalized spacial score (nSPS) is 10.5. The molecule has 6 heteroatoms. The lowest BCUT2D eigenvalue weighted by Crippen LogP contribution is -1.96. The van der Waals surface area contributed by atoms with Crippen LogP contribution in [0.5, 0.6) is 0 Å². The molecule has 4 nitrogen and oxygen atoms in total. The Morgan fingerprint density at radius 1 is 0.966 bits per heavy atom. The molecule has 1 heterocycles. The number of rotatable bonds is 5. The van der Waals surface area contributed by atoms with Crippen molar-refractivity contribution in [1.82, 2.24) is 10.2 Å². The topological polar surface area (TPSA) is 56.0 Å². The van der Waals surface area contributed by atoms with Crippen molar-refractivity contribution in [3.63, 3.8) is 0 Å². The fourth-order valence-electron chi connectivity index (χ4n) is 2.82. The van der Waals surface area contributed by atoms with E-state index in [9.17, 15) is 4.79 Å². The maximum atomic E-state index is 12.1. The number of aromatic nitrogens is 2. The van der Waals surface area contributed by atoms with Gasteiger partial charge in [0.05, 0.1) is 12.2 Å². The first-order valence-corrected chi connectivity index (χ1v) is 10.3. The summed E-state index contributed by atoms with van der Waals surface area (Å²) >= 11 is 7.18. The van der Waals surface area contributed by atoms with E-state index in [4.69, 9.17) is 16.0 Å². The van der Waals surface area contributed by atoms with Gasteiger partial charge in [-0.05, 0) is 41.1 Å². The zero-order valence-corrected chi connectivity index (χ0v) is 16.8. The summed E-state index contributed by atoms with van der Waals surface area (Å²) in [5.41, 5.74) is 1.51. The SMILES string of the molecule is O=C(CC#CCSc1nnc(-c2cccc3ccccc23)o1)c1ccc(Cl)cc1. The summed E-state index contributed by atoms with van der Waals surface area (Å²) in [7, 11) is 0. The molecule has 0 aliphatic heterocycles. The molecule has 0 aliphatic rings. The van der Waals surface area contributed by atoms with Crippen LogP contribution in [0.25, 0.3) is 22.2 Å². The van der Waals surface area contributed by atoms with Gasteiger partial charge in [0, 0.05) is 16.1 Å². The van der Waals surface area contributed by atoms with Gasteiger partial charge in [0.25, 0.3) is 5.22 Å². The van der Waals surface area contributed by atoms with Crippen molar-refractivity contribution in [2.24, 2.45) is 0 Å². The second-order valence-corrected chi connectivity index (χ2v) is 7.51. The van der Waals surface area contributed by atoms with Crippen LogP contribution in [0.15, 0.2) is 76.4 Å². The van der Waals surface area contributed by atoms with Gasteiger partial charge < -0.3 is 4.42 Å². The summed E-state index contributed by atoms with van der Waals surface area (Å²) in [4.78, 5) is 12.1. The number of thioether (sulfide) groups is 1. The standard InChI is InChI=1S/C23H15ClN2O2S/c24-18-13-11-17(12-14-18)21(27)10-3-4-15-29-23-26-25-22(28-23)20-9-5-7-16-6-1-2-8-19(16)20/h1-2,5-9,11-14H,10,15H2. The van der Waals surface area contributed by atoms with Gasteiger partial charge in [0.2, 0.25) is 5.89 Å². The van der Waals surface area contributed by atoms with Crippen molar-refractivity contribution in [1.29, 1.82) is 0 Å². The smallest absolute Gasteiger partial charge is 0.277 e. The van der Waals surface area contributed by atoms with Crippen LogP contribution in [-0.2, 0) is 0 Å². The lowest BCUT2D eigenvalue weighted by molar-refractivity contribution is 0.0998.